The zero-order chi connectivity index (χ0) is 12.8. The molecule has 1 aromatic carbocycles. The maximum Gasteiger partial charge on any atom is 0.176 e. The van der Waals surface area contributed by atoms with Crippen LogP contribution < -0.4 is 0 Å². The number of aryl methyl sites for hydroxylation is 1. The fraction of sp³-hybridized carbons (Fsp3) is 0.533. The molecule has 1 aromatic rings. The van der Waals surface area contributed by atoms with Crippen LogP contribution in [0.1, 0.15) is 43.1 Å². The van der Waals surface area contributed by atoms with Crippen molar-refractivity contribution in [3.05, 3.63) is 35.4 Å². The summed E-state index contributed by atoms with van der Waals surface area (Å²) in [6.45, 7) is 6.84. The third-order valence-electron chi connectivity index (χ3n) is 3.09. The second-order valence-electron chi connectivity index (χ2n) is 4.88. The van der Waals surface area contributed by atoms with E-state index in [0.29, 0.717) is 12.6 Å². The molecule has 0 atom stereocenters. The van der Waals surface area contributed by atoms with E-state index in [1.807, 2.05) is 19.2 Å². The van der Waals surface area contributed by atoms with Crippen LogP contribution in [0.25, 0.3) is 0 Å². The zero-order valence-electron chi connectivity index (χ0n) is 11.4. The van der Waals surface area contributed by atoms with Crippen molar-refractivity contribution < 1.29 is 4.79 Å². The molecule has 0 spiro atoms. The minimum atomic E-state index is 0.198. The van der Waals surface area contributed by atoms with Crippen molar-refractivity contribution in [3.63, 3.8) is 0 Å². The predicted molar refractivity (Wildman–Crippen MR) is 72.5 cm³/mol. The highest BCUT2D eigenvalue weighted by Gasteiger charge is 2.11. The van der Waals surface area contributed by atoms with E-state index in [-0.39, 0.29) is 5.78 Å². The summed E-state index contributed by atoms with van der Waals surface area (Å²) in [5.41, 5.74) is 2.12. The number of hydrogen-bond donors (Lipinski definition) is 0. The average molecular weight is 233 g/mol. The van der Waals surface area contributed by atoms with E-state index >= 15 is 0 Å². The highest BCUT2D eigenvalue weighted by Crippen LogP contribution is 2.08. The molecule has 0 aliphatic rings. The molecule has 0 saturated carbocycles. The average Bonchev–Trinajstić information content (AvgIpc) is 2.30. The maximum absolute atomic E-state index is 12.0. The molecule has 0 unspecified atom stereocenters. The van der Waals surface area contributed by atoms with Crippen LogP contribution >= 0.6 is 0 Å². The number of carbonyl (C=O) groups is 1. The minimum absolute atomic E-state index is 0.198. The Balaban J connectivity index is 2.63. The van der Waals surface area contributed by atoms with Crippen LogP contribution in [0.4, 0.5) is 0 Å². The van der Waals surface area contributed by atoms with Gasteiger partial charge in [0.05, 0.1) is 6.54 Å². The summed E-state index contributed by atoms with van der Waals surface area (Å²) in [6, 6.07) is 8.42. The van der Waals surface area contributed by atoms with Gasteiger partial charge < -0.3 is 0 Å². The van der Waals surface area contributed by atoms with Crippen LogP contribution in [0.3, 0.4) is 0 Å². The fourth-order valence-corrected chi connectivity index (χ4v) is 1.65. The summed E-state index contributed by atoms with van der Waals surface area (Å²) >= 11 is 0. The summed E-state index contributed by atoms with van der Waals surface area (Å²) in [7, 11) is 1.98. The molecule has 94 valence electrons. The molecule has 0 aliphatic heterocycles. The van der Waals surface area contributed by atoms with Gasteiger partial charge in [0.2, 0.25) is 0 Å². The molecule has 0 saturated heterocycles. The van der Waals surface area contributed by atoms with E-state index in [2.05, 4.69) is 37.8 Å². The Hall–Kier alpha value is -1.15. The molecule has 0 aliphatic carbocycles. The van der Waals surface area contributed by atoms with Gasteiger partial charge in [-0.15, -0.1) is 0 Å². The predicted octanol–water partition coefficient (Wildman–Crippen LogP) is 3.16. The van der Waals surface area contributed by atoms with Crippen molar-refractivity contribution in [2.24, 2.45) is 0 Å². The van der Waals surface area contributed by atoms with Crippen molar-refractivity contribution in [3.8, 4) is 0 Å². The largest absolute Gasteiger partial charge is 0.296 e. The number of carbonyl (C=O) groups excluding carboxylic acids is 1. The molecule has 0 fully saturated rings. The maximum atomic E-state index is 12.0. The van der Waals surface area contributed by atoms with Crippen LogP contribution in [-0.4, -0.2) is 30.3 Å². The summed E-state index contributed by atoms with van der Waals surface area (Å²) in [5.74, 6) is 0.198. The van der Waals surface area contributed by atoms with E-state index in [0.717, 1.165) is 18.4 Å². The molecular weight excluding hydrogens is 210 g/mol. The molecule has 2 heteroatoms. The second kappa shape index (κ2) is 6.55. The quantitative estimate of drug-likeness (QED) is 0.703. The molecule has 0 bridgehead atoms. The number of rotatable bonds is 6. The Morgan fingerprint density at radius 2 is 1.82 bits per heavy atom. The van der Waals surface area contributed by atoms with Gasteiger partial charge in [0, 0.05) is 11.6 Å². The van der Waals surface area contributed by atoms with Crippen molar-refractivity contribution >= 4 is 5.78 Å². The Morgan fingerprint density at radius 1 is 1.24 bits per heavy atom. The summed E-state index contributed by atoms with van der Waals surface area (Å²) in [4.78, 5) is 14.0. The third-order valence-corrected chi connectivity index (χ3v) is 3.09. The molecule has 2 nitrogen and oxygen atoms in total. The van der Waals surface area contributed by atoms with Gasteiger partial charge in [-0.1, -0.05) is 37.6 Å². The summed E-state index contributed by atoms with van der Waals surface area (Å²) < 4.78 is 0. The van der Waals surface area contributed by atoms with Crippen molar-refractivity contribution in [1.29, 1.82) is 0 Å². The van der Waals surface area contributed by atoms with Gasteiger partial charge in [0.1, 0.15) is 0 Å². The molecule has 0 amide bonds. The molecule has 0 N–H and O–H groups in total. The first-order valence-corrected chi connectivity index (χ1v) is 6.37. The topological polar surface area (TPSA) is 20.3 Å². The van der Waals surface area contributed by atoms with Gasteiger partial charge in [-0.25, -0.2) is 0 Å². The Labute approximate surface area is 105 Å². The highest BCUT2D eigenvalue weighted by molar-refractivity contribution is 5.97. The van der Waals surface area contributed by atoms with E-state index in [9.17, 15) is 4.79 Å². The lowest BCUT2D eigenvalue weighted by Gasteiger charge is -2.19. The number of likely N-dealkylation sites (N-methyl/N-ethyl adjacent to an activating group) is 1. The zero-order valence-corrected chi connectivity index (χ0v) is 11.4. The van der Waals surface area contributed by atoms with Gasteiger partial charge in [-0.2, -0.15) is 0 Å². The van der Waals surface area contributed by atoms with Gasteiger partial charge in [-0.05, 0) is 32.9 Å². The van der Waals surface area contributed by atoms with E-state index in [1.54, 1.807) is 0 Å². The van der Waals surface area contributed by atoms with Crippen LogP contribution in [0.15, 0.2) is 24.3 Å². The minimum Gasteiger partial charge on any atom is -0.296 e. The van der Waals surface area contributed by atoms with Gasteiger partial charge in [0.15, 0.2) is 5.78 Å². The number of Topliss-reactive ketones (excluding diaryl/α,β-unsaturated/α-hetero) is 1. The molecule has 17 heavy (non-hydrogen) atoms. The Kier molecular flexibility index (Phi) is 5.36. The summed E-state index contributed by atoms with van der Waals surface area (Å²) in [5, 5.41) is 0. The lowest BCUT2D eigenvalue weighted by molar-refractivity contribution is 0.0929. The Bertz CT molecular complexity index is 354. The highest BCUT2D eigenvalue weighted by atomic mass is 16.1. The van der Waals surface area contributed by atoms with Gasteiger partial charge in [0.25, 0.3) is 0 Å². The number of nitrogens with zero attached hydrogens (tertiary/aromatic N) is 1. The molecule has 0 radical (unpaired) electrons. The first kappa shape index (κ1) is 13.9. The molecule has 1 rings (SSSR count). The monoisotopic (exact) mass is 233 g/mol. The number of benzene rings is 1. The molecule has 0 aromatic heterocycles. The van der Waals surface area contributed by atoms with Gasteiger partial charge >= 0.3 is 0 Å². The fourth-order valence-electron chi connectivity index (χ4n) is 1.65. The van der Waals surface area contributed by atoms with Gasteiger partial charge in [-0.3, -0.25) is 9.69 Å². The Morgan fingerprint density at radius 3 is 2.29 bits per heavy atom. The standard InChI is InChI=1S/C15H23NO/c1-5-6-13-7-9-14(10-8-13)15(17)11-16(4)12(2)3/h7-10,12H,5-6,11H2,1-4H3. The lowest BCUT2D eigenvalue weighted by Crippen LogP contribution is -2.31. The van der Waals surface area contributed by atoms with Crippen LogP contribution in [0, 0.1) is 0 Å². The smallest absolute Gasteiger partial charge is 0.176 e. The van der Waals surface area contributed by atoms with Crippen LogP contribution in [0.2, 0.25) is 0 Å². The van der Waals surface area contributed by atoms with E-state index in [1.165, 1.54) is 5.56 Å². The van der Waals surface area contributed by atoms with Crippen LogP contribution in [-0.2, 0) is 6.42 Å². The summed E-state index contributed by atoms with van der Waals surface area (Å²) in [6.07, 6.45) is 2.23. The van der Waals surface area contributed by atoms with Crippen molar-refractivity contribution in [2.45, 2.75) is 39.7 Å². The van der Waals surface area contributed by atoms with E-state index in [4.69, 9.17) is 0 Å². The van der Waals surface area contributed by atoms with E-state index < -0.39 is 0 Å². The van der Waals surface area contributed by atoms with Crippen molar-refractivity contribution in [2.75, 3.05) is 13.6 Å². The first-order chi connectivity index (χ1) is 8.04. The first-order valence-electron chi connectivity index (χ1n) is 6.37. The normalized spacial score (nSPS) is 11.2. The molecular formula is C15H23NO. The second-order valence-corrected chi connectivity index (χ2v) is 4.88. The van der Waals surface area contributed by atoms with Crippen LogP contribution in [0.5, 0.6) is 0 Å². The number of hydrogen-bond acceptors (Lipinski definition) is 2. The molecule has 0 heterocycles. The van der Waals surface area contributed by atoms with Crippen molar-refractivity contribution in [1.82, 2.24) is 4.90 Å². The third kappa shape index (κ3) is 4.31. The SMILES string of the molecule is CCCc1ccc(C(=O)CN(C)C(C)C)cc1. The number of ketones is 1. The lowest BCUT2D eigenvalue weighted by atomic mass is 10.0.